The van der Waals surface area contributed by atoms with Crippen molar-refractivity contribution in [2.75, 3.05) is 5.32 Å². The monoisotopic (exact) mass is 302 g/mol. The van der Waals surface area contributed by atoms with Crippen molar-refractivity contribution in [1.82, 2.24) is 4.72 Å². The zero-order chi connectivity index (χ0) is 13.9. The van der Waals surface area contributed by atoms with Gasteiger partial charge in [-0.2, -0.15) is 0 Å². The van der Waals surface area contributed by atoms with Crippen LogP contribution in [0.25, 0.3) is 0 Å². The van der Waals surface area contributed by atoms with Crippen LogP contribution in [0.15, 0.2) is 18.2 Å². The molecule has 5 nitrogen and oxygen atoms in total. The molecule has 0 atom stereocenters. The molecule has 1 rings (SSSR count). The predicted octanol–water partition coefficient (Wildman–Crippen LogP) is -1.06. The normalized spacial score (nSPS) is 10.8. The molecule has 102 valence electrons. The zero-order valence-electron chi connectivity index (χ0n) is 11.7. The summed E-state index contributed by atoms with van der Waals surface area (Å²) in [7, 11) is -3.77. The molecule has 0 heterocycles. The van der Waals surface area contributed by atoms with Crippen LogP contribution in [-0.2, 0) is 10.0 Å². The van der Waals surface area contributed by atoms with Gasteiger partial charge in [-0.05, 0) is 26.0 Å². The fraction of sp³-hybridized carbons (Fsp3) is 0.300. The molecule has 0 radical (unpaired) electrons. The van der Waals surface area contributed by atoms with Crippen LogP contribution in [0.1, 0.15) is 15.3 Å². The summed E-state index contributed by atoms with van der Waals surface area (Å²) in [6, 6.07) is 1.65. The van der Waals surface area contributed by atoms with Crippen LogP contribution >= 0.6 is 0 Å². The van der Waals surface area contributed by atoms with Gasteiger partial charge in [0.15, 0.2) is 11.6 Å². The van der Waals surface area contributed by atoms with E-state index in [0.717, 1.165) is 18.2 Å². The van der Waals surface area contributed by atoms with E-state index in [2.05, 4.69) is 5.32 Å². The number of hydrogen-bond acceptors (Lipinski definition) is 3. The molecule has 0 aliphatic rings. The second-order valence-electron chi connectivity index (χ2n) is 3.78. The van der Waals surface area contributed by atoms with Crippen LogP contribution in [0, 0.1) is 11.6 Å². The van der Waals surface area contributed by atoms with E-state index >= 15 is 0 Å². The van der Waals surface area contributed by atoms with Crippen molar-refractivity contribution in [3.63, 3.8) is 0 Å². The first-order valence-electron chi connectivity index (χ1n) is 5.00. The number of carbonyl (C=O) groups excluding carboxylic acids is 1. The number of amides is 2. The second kappa shape index (κ2) is 7.18. The van der Waals surface area contributed by atoms with Crippen LogP contribution in [0.2, 0.25) is 0 Å². The molecule has 0 aliphatic heterocycles. The quantitative estimate of drug-likeness (QED) is 0.699. The van der Waals surface area contributed by atoms with Crippen molar-refractivity contribution in [2.45, 2.75) is 19.1 Å². The van der Waals surface area contributed by atoms with Crippen LogP contribution in [0.4, 0.5) is 19.3 Å². The first-order valence-corrected chi connectivity index (χ1v) is 6.54. The molecule has 1 aromatic rings. The summed E-state index contributed by atoms with van der Waals surface area (Å²) in [5, 5.41) is 1.30. The summed E-state index contributed by atoms with van der Waals surface area (Å²) in [4.78, 5) is 11.3. The SMILES string of the molecule is CC(C)S(=O)(=O)NC(=O)Nc1ccc(F)c(F)c1.[H-].[Na+]. The second-order valence-corrected chi connectivity index (χ2v) is 6.02. The van der Waals surface area contributed by atoms with E-state index in [-0.39, 0.29) is 36.7 Å². The Labute approximate surface area is 133 Å². The number of anilines is 1. The Morgan fingerprint density at radius 1 is 1.26 bits per heavy atom. The molecule has 0 spiro atoms. The van der Waals surface area contributed by atoms with Gasteiger partial charge >= 0.3 is 35.6 Å². The molecule has 0 fully saturated rings. The van der Waals surface area contributed by atoms with Crippen LogP contribution in [0.5, 0.6) is 0 Å². The van der Waals surface area contributed by atoms with Gasteiger partial charge in [0.05, 0.1) is 5.25 Å². The fourth-order valence-corrected chi connectivity index (χ4v) is 1.52. The molecule has 0 unspecified atom stereocenters. The molecule has 19 heavy (non-hydrogen) atoms. The van der Waals surface area contributed by atoms with Gasteiger partial charge in [-0.15, -0.1) is 0 Å². The van der Waals surface area contributed by atoms with E-state index in [4.69, 9.17) is 0 Å². The predicted molar refractivity (Wildman–Crippen MR) is 63.7 cm³/mol. The molecule has 2 amide bonds. The topological polar surface area (TPSA) is 75.3 Å². The molecular formula is C10H13F2N2NaO3S. The van der Waals surface area contributed by atoms with Crippen molar-refractivity contribution in [1.29, 1.82) is 0 Å². The van der Waals surface area contributed by atoms with Crippen molar-refractivity contribution in [3.8, 4) is 0 Å². The minimum Gasteiger partial charge on any atom is -1.00 e. The Balaban J connectivity index is 0. The average Bonchev–Trinajstić information content (AvgIpc) is 2.22. The van der Waals surface area contributed by atoms with Crippen molar-refractivity contribution in [3.05, 3.63) is 29.8 Å². The molecule has 0 saturated heterocycles. The maximum Gasteiger partial charge on any atom is 1.00 e. The third-order valence-corrected chi connectivity index (χ3v) is 3.74. The van der Waals surface area contributed by atoms with Gasteiger partial charge in [-0.1, -0.05) is 0 Å². The van der Waals surface area contributed by atoms with E-state index in [1.54, 1.807) is 4.72 Å². The fourth-order valence-electron chi connectivity index (χ4n) is 0.978. The number of urea groups is 1. The van der Waals surface area contributed by atoms with Crippen LogP contribution in [-0.4, -0.2) is 19.7 Å². The van der Waals surface area contributed by atoms with E-state index < -0.39 is 32.9 Å². The first-order chi connectivity index (χ1) is 8.22. The standard InChI is InChI=1S/C10H12F2N2O3S.Na.H/c1-6(2)18(16,17)14-10(15)13-7-3-4-8(11)9(12)5-7;;/h3-6H,1-2H3,(H2,13,14,15);;/q;+1;-1. The zero-order valence-corrected chi connectivity index (χ0v) is 13.5. The van der Waals surface area contributed by atoms with Gasteiger partial charge in [0.25, 0.3) is 0 Å². The Hall–Kier alpha value is -0.700. The molecule has 0 bridgehead atoms. The Bertz CT molecular complexity index is 570. The van der Waals surface area contributed by atoms with Gasteiger partial charge in [-0.25, -0.2) is 26.7 Å². The summed E-state index contributed by atoms with van der Waals surface area (Å²) in [6.45, 7) is 2.79. The number of carbonyl (C=O) groups is 1. The summed E-state index contributed by atoms with van der Waals surface area (Å²) < 4.78 is 49.9. The third kappa shape index (κ3) is 5.43. The number of benzene rings is 1. The smallest absolute Gasteiger partial charge is 1.00 e. The molecule has 0 aromatic heterocycles. The van der Waals surface area contributed by atoms with Crippen molar-refractivity contribution < 1.29 is 53.0 Å². The molecule has 1 aromatic carbocycles. The maximum atomic E-state index is 12.8. The van der Waals surface area contributed by atoms with E-state index in [9.17, 15) is 22.0 Å². The first kappa shape index (κ1) is 18.3. The maximum absolute atomic E-state index is 12.8. The minimum absolute atomic E-state index is 0. The van der Waals surface area contributed by atoms with Crippen molar-refractivity contribution in [2.24, 2.45) is 0 Å². The van der Waals surface area contributed by atoms with Gasteiger partial charge < -0.3 is 6.74 Å². The van der Waals surface area contributed by atoms with E-state index in [1.807, 2.05) is 0 Å². The Kier molecular flexibility index (Phi) is 6.92. The summed E-state index contributed by atoms with van der Waals surface area (Å²) in [6.07, 6.45) is 0. The third-order valence-electron chi connectivity index (χ3n) is 2.03. The average molecular weight is 302 g/mol. The molecule has 2 N–H and O–H groups in total. The largest absolute Gasteiger partial charge is 1.00 e. The van der Waals surface area contributed by atoms with Gasteiger partial charge in [0.1, 0.15) is 0 Å². The van der Waals surface area contributed by atoms with Gasteiger partial charge in [0.2, 0.25) is 10.0 Å². The van der Waals surface area contributed by atoms with Crippen molar-refractivity contribution >= 4 is 21.7 Å². The minimum atomic E-state index is -3.77. The van der Waals surface area contributed by atoms with Gasteiger partial charge in [-0.3, -0.25) is 0 Å². The number of halogens is 2. The Morgan fingerprint density at radius 2 is 1.84 bits per heavy atom. The number of rotatable bonds is 3. The van der Waals surface area contributed by atoms with Crippen LogP contribution in [0.3, 0.4) is 0 Å². The summed E-state index contributed by atoms with van der Waals surface area (Å²) >= 11 is 0. The summed E-state index contributed by atoms with van der Waals surface area (Å²) in [5.74, 6) is -2.20. The summed E-state index contributed by atoms with van der Waals surface area (Å²) in [5.41, 5.74) is -0.0506. The molecule has 0 aliphatic carbocycles. The number of hydrogen-bond donors (Lipinski definition) is 2. The molecular weight excluding hydrogens is 289 g/mol. The number of nitrogens with one attached hydrogen (secondary N) is 2. The van der Waals surface area contributed by atoms with Gasteiger partial charge in [0, 0.05) is 11.8 Å². The van der Waals surface area contributed by atoms with E-state index in [0.29, 0.717) is 0 Å². The number of sulfonamides is 1. The molecule has 9 heteroatoms. The molecule has 0 saturated carbocycles. The van der Waals surface area contributed by atoms with Crippen LogP contribution < -0.4 is 39.6 Å². The Morgan fingerprint density at radius 3 is 2.32 bits per heavy atom. The van der Waals surface area contributed by atoms with E-state index in [1.165, 1.54) is 13.8 Å².